The zero-order chi connectivity index (χ0) is 17.7. The van der Waals surface area contributed by atoms with Crippen LogP contribution in [0.3, 0.4) is 0 Å². The molecule has 0 saturated heterocycles. The molecule has 0 saturated carbocycles. The van der Waals surface area contributed by atoms with Crippen molar-refractivity contribution in [3.05, 3.63) is 35.4 Å². The van der Waals surface area contributed by atoms with E-state index in [0.29, 0.717) is 6.54 Å². The summed E-state index contributed by atoms with van der Waals surface area (Å²) in [4.78, 5) is 23.1. The van der Waals surface area contributed by atoms with E-state index < -0.39 is 17.3 Å². The van der Waals surface area contributed by atoms with E-state index in [1.165, 1.54) is 0 Å². The largest absolute Gasteiger partial charge is 0.444 e. The molecule has 6 heteroatoms. The van der Waals surface area contributed by atoms with Crippen molar-refractivity contribution in [1.82, 2.24) is 10.6 Å². The molecule has 0 atom stereocenters. The van der Waals surface area contributed by atoms with Crippen molar-refractivity contribution < 1.29 is 19.4 Å². The van der Waals surface area contributed by atoms with Crippen molar-refractivity contribution in [3.63, 3.8) is 0 Å². The van der Waals surface area contributed by atoms with Crippen molar-refractivity contribution in [1.29, 1.82) is 0 Å². The summed E-state index contributed by atoms with van der Waals surface area (Å²) in [5, 5.41) is 15.0. The maximum absolute atomic E-state index is 11.7. The maximum Gasteiger partial charge on any atom is 0.408 e. The fourth-order valence-electron chi connectivity index (χ4n) is 1.76. The Kier molecular flexibility index (Phi) is 6.15. The summed E-state index contributed by atoms with van der Waals surface area (Å²) < 4.78 is 5.04. The highest BCUT2D eigenvalue weighted by Gasteiger charge is 2.17. The van der Waals surface area contributed by atoms with E-state index in [9.17, 15) is 14.7 Å². The van der Waals surface area contributed by atoms with Gasteiger partial charge in [-0.1, -0.05) is 24.3 Å². The van der Waals surface area contributed by atoms with Gasteiger partial charge in [-0.15, -0.1) is 0 Å². The summed E-state index contributed by atoms with van der Waals surface area (Å²) in [5.74, 6) is -0.303. The molecule has 0 heterocycles. The van der Waals surface area contributed by atoms with Crippen LogP contribution in [0.5, 0.6) is 0 Å². The van der Waals surface area contributed by atoms with Crippen molar-refractivity contribution in [3.8, 4) is 0 Å². The van der Waals surface area contributed by atoms with Gasteiger partial charge in [0.25, 0.3) is 0 Å². The highest BCUT2D eigenvalue weighted by molar-refractivity contribution is 5.82. The number of hydrogen-bond donors (Lipinski definition) is 3. The van der Waals surface area contributed by atoms with Crippen molar-refractivity contribution in [2.75, 3.05) is 6.54 Å². The lowest BCUT2D eigenvalue weighted by Crippen LogP contribution is -2.39. The second-order valence-electron chi connectivity index (χ2n) is 6.89. The lowest BCUT2D eigenvalue weighted by atomic mass is 9.97. The monoisotopic (exact) mass is 322 g/mol. The second kappa shape index (κ2) is 7.46. The number of alkyl carbamates (subject to hydrolysis) is 1. The molecular formula is C17H26N2O4. The van der Waals surface area contributed by atoms with E-state index in [1.807, 2.05) is 24.3 Å². The first kappa shape index (κ1) is 19.0. The van der Waals surface area contributed by atoms with Crippen LogP contribution in [0.2, 0.25) is 0 Å². The molecule has 0 radical (unpaired) electrons. The van der Waals surface area contributed by atoms with E-state index >= 15 is 0 Å². The molecule has 0 aliphatic rings. The lowest BCUT2D eigenvalue weighted by molar-refractivity contribution is -0.120. The molecule has 0 aromatic heterocycles. The minimum Gasteiger partial charge on any atom is -0.444 e. The molecule has 0 unspecified atom stereocenters. The third-order valence-electron chi connectivity index (χ3n) is 2.94. The molecule has 0 spiro atoms. The van der Waals surface area contributed by atoms with Crippen LogP contribution in [0.1, 0.15) is 45.7 Å². The molecule has 128 valence electrons. The minimum absolute atomic E-state index is 0.142. The fraction of sp³-hybridized carbons (Fsp3) is 0.529. The minimum atomic E-state index is -0.890. The molecule has 1 aromatic carbocycles. The summed E-state index contributed by atoms with van der Waals surface area (Å²) in [6.07, 6.45) is -0.623. The molecule has 0 aliphatic heterocycles. The highest BCUT2D eigenvalue weighted by Crippen LogP contribution is 2.19. The smallest absolute Gasteiger partial charge is 0.408 e. The number of nitrogens with one attached hydrogen (secondary N) is 2. The molecule has 2 amide bonds. The van der Waals surface area contributed by atoms with Gasteiger partial charge in [-0.3, -0.25) is 4.79 Å². The van der Waals surface area contributed by atoms with Crippen LogP contribution < -0.4 is 10.6 Å². The number of ether oxygens (including phenoxy) is 1. The SMILES string of the molecule is CC(C)(C)OC(=O)NCC(=O)NCc1ccc(C(C)(C)O)cc1. The summed E-state index contributed by atoms with van der Waals surface area (Å²) in [5.41, 5.74) is 0.227. The molecule has 0 aliphatic carbocycles. The first-order valence-electron chi connectivity index (χ1n) is 7.53. The van der Waals surface area contributed by atoms with Crippen LogP contribution in [0.25, 0.3) is 0 Å². The van der Waals surface area contributed by atoms with E-state index in [2.05, 4.69) is 10.6 Å². The van der Waals surface area contributed by atoms with Gasteiger partial charge in [0.1, 0.15) is 12.1 Å². The van der Waals surface area contributed by atoms with Gasteiger partial charge in [-0.25, -0.2) is 4.79 Å². The summed E-state index contributed by atoms with van der Waals surface area (Å²) in [6, 6.07) is 7.32. The Morgan fingerprint density at radius 3 is 2.09 bits per heavy atom. The zero-order valence-corrected chi connectivity index (χ0v) is 14.4. The Bertz CT molecular complexity index is 539. The molecular weight excluding hydrogens is 296 g/mol. The topological polar surface area (TPSA) is 87.7 Å². The fourth-order valence-corrected chi connectivity index (χ4v) is 1.76. The van der Waals surface area contributed by atoms with E-state index in [4.69, 9.17) is 4.74 Å². The van der Waals surface area contributed by atoms with Gasteiger partial charge in [0, 0.05) is 6.54 Å². The van der Waals surface area contributed by atoms with Gasteiger partial charge in [0.2, 0.25) is 5.91 Å². The van der Waals surface area contributed by atoms with Gasteiger partial charge >= 0.3 is 6.09 Å². The molecule has 1 aromatic rings. The third kappa shape index (κ3) is 7.65. The number of amides is 2. The van der Waals surface area contributed by atoms with E-state index in [0.717, 1.165) is 11.1 Å². The van der Waals surface area contributed by atoms with Crippen molar-refractivity contribution in [2.24, 2.45) is 0 Å². The molecule has 6 nitrogen and oxygen atoms in total. The molecule has 1 rings (SSSR count). The zero-order valence-electron chi connectivity index (χ0n) is 14.4. The van der Waals surface area contributed by atoms with E-state index in [-0.39, 0.29) is 12.5 Å². The number of hydrogen-bond acceptors (Lipinski definition) is 4. The number of carbonyl (C=O) groups excluding carboxylic acids is 2. The average Bonchev–Trinajstić information content (AvgIpc) is 2.40. The van der Waals surface area contributed by atoms with Gasteiger partial charge in [0.15, 0.2) is 0 Å². The number of rotatable bonds is 5. The quantitative estimate of drug-likeness (QED) is 0.774. The van der Waals surface area contributed by atoms with Crippen LogP contribution in [0, 0.1) is 0 Å². The Hall–Kier alpha value is -2.08. The number of aliphatic hydroxyl groups is 1. The number of benzene rings is 1. The molecule has 0 bridgehead atoms. The third-order valence-corrected chi connectivity index (χ3v) is 2.94. The van der Waals surface area contributed by atoms with Gasteiger partial charge in [0.05, 0.1) is 5.60 Å². The van der Waals surface area contributed by atoms with Crippen LogP contribution in [-0.2, 0) is 21.7 Å². The maximum atomic E-state index is 11.7. The lowest BCUT2D eigenvalue weighted by Gasteiger charge is -2.19. The van der Waals surface area contributed by atoms with Crippen molar-refractivity contribution in [2.45, 2.75) is 52.4 Å². The highest BCUT2D eigenvalue weighted by atomic mass is 16.6. The normalized spacial score (nSPS) is 11.7. The van der Waals surface area contributed by atoms with Gasteiger partial charge in [-0.05, 0) is 45.7 Å². The van der Waals surface area contributed by atoms with Crippen LogP contribution in [0.4, 0.5) is 4.79 Å². The summed E-state index contributed by atoms with van der Waals surface area (Å²) in [7, 11) is 0. The van der Waals surface area contributed by atoms with Crippen LogP contribution in [-0.4, -0.2) is 29.3 Å². The predicted octanol–water partition coefficient (Wildman–Crippen LogP) is 2.05. The summed E-state index contributed by atoms with van der Waals surface area (Å²) in [6.45, 7) is 8.90. The van der Waals surface area contributed by atoms with Gasteiger partial charge < -0.3 is 20.5 Å². The van der Waals surface area contributed by atoms with E-state index in [1.54, 1.807) is 34.6 Å². The van der Waals surface area contributed by atoms with Crippen LogP contribution >= 0.6 is 0 Å². The Morgan fingerprint density at radius 2 is 1.61 bits per heavy atom. The molecule has 3 N–H and O–H groups in total. The average molecular weight is 322 g/mol. The second-order valence-corrected chi connectivity index (χ2v) is 6.89. The Labute approximate surface area is 137 Å². The Morgan fingerprint density at radius 1 is 1.04 bits per heavy atom. The van der Waals surface area contributed by atoms with Gasteiger partial charge in [-0.2, -0.15) is 0 Å². The Balaban J connectivity index is 2.38. The predicted molar refractivity (Wildman–Crippen MR) is 87.8 cm³/mol. The molecule has 0 fully saturated rings. The molecule has 23 heavy (non-hydrogen) atoms. The first-order valence-corrected chi connectivity index (χ1v) is 7.53. The van der Waals surface area contributed by atoms with Crippen molar-refractivity contribution >= 4 is 12.0 Å². The van der Waals surface area contributed by atoms with Crippen LogP contribution in [0.15, 0.2) is 24.3 Å². The summed E-state index contributed by atoms with van der Waals surface area (Å²) >= 11 is 0. The first-order chi connectivity index (χ1) is 10.5. The number of carbonyl (C=O) groups is 2. The standard InChI is InChI=1S/C17H26N2O4/c1-16(2,3)23-15(21)19-11-14(20)18-10-12-6-8-13(9-7-12)17(4,5)22/h6-9,22H,10-11H2,1-5H3,(H,18,20)(H,19,21).